The van der Waals surface area contributed by atoms with Crippen molar-refractivity contribution in [2.75, 3.05) is 10.6 Å². The van der Waals surface area contributed by atoms with Crippen molar-refractivity contribution in [1.29, 1.82) is 0 Å². The smallest absolute Gasteiger partial charge is 0.204 e. The van der Waals surface area contributed by atoms with E-state index in [1.807, 2.05) is 31.2 Å². The molecule has 0 saturated heterocycles. The van der Waals surface area contributed by atoms with Crippen LogP contribution in [0.4, 0.5) is 17.1 Å². The lowest BCUT2D eigenvalue weighted by atomic mass is 10.0. The lowest BCUT2D eigenvalue weighted by Gasteiger charge is -2.19. The van der Waals surface area contributed by atoms with Gasteiger partial charge in [-0.2, -0.15) is 0 Å². The van der Waals surface area contributed by atoms with Crippen LogP contribution < -0.4 is 10.6 Å². The van der Waals surface area contributed by atoms with Crippen molar-refractivity contribution < 1.29 is 15.0 Å². The molecule has 33 heavy (non-hydrogen) atoms. The fourth-order valence-corrected chi connectivity index (χ4v) is 3.52. The van der Waals surface area contributed by atoms with E-state index in [0.717, 1.165) is 11.3 Å². The number of carbonyl (C=O) groups excluding carboxylic acids is 1. The number of hydrogen-bond donors (Lipinski definition) is 4. The second kappa shape index (κ2) is 9.40. The summed E-state index contributed by atoms with van der Waals surface area (Å²) in [7, 11) is 0. The van der Waals surface area contributed by atoms with Gasteiger partial charge in [-0.3, -0.25) is 4.79 Å². The third-order valence-corrected chi connectivity index (χ3v) is 5.53. The van der Waals surface area contributed by atoms with Gasteiger partial charge in [-0.15, -0.1) is 0 Å². The fraction of sp³-hybridized carbons (Fsp3) is 0.0400. The zero-order chi connectivity index (χ0) is 23.5. The molecule has 3 aromatic rings. The first-order chi connectivity index (χ1) is 15.8. The molecule has 0 spiro atoms. The highest BCUT2D eigenvalue weighted by Gasteiger charge is 2.20. The molecule has 1 aliphatic carbocycles. The SMILES string of the molecule is Cc1ccccc1NC1=CC(=O)C(Nc2ccc(O)c(Cl)c2)=CC1=Nc1ccc(O)c(Cl)c1. The molecule has 0 aromatic heterocycles. The van der Waals surface area contributed by atoms with Crippen LogP contribution in [0.5, 0.6) is 11.5 Å². The van der Waals surface area contributed by atoms with E-state index in [1.165, 1.54) is 30.3 Å². The van der Waals surface area contributed by atoms with Crippen LogP contribution in [0.15, 0.2) is 89.2 Å². The van der Waals surface area contributed by atoms with Crippen molar-refractivity contribution in [3.05, 3.63) is 99.8 Å². The van der Waals surface area contributed by atoms with Crippen LogP contribution in [-0.2, 0) is 4.79 Å². The Kier molecular flexibility index (Phi) is 6.40. The summed E-state index contributed by atoms with van der Waals surface area (Å²) in [4.78, 5) is 17.5. The molecule has 0 fully saturated rings. The van der Waals surface area contributed by atoms with Crippen LogP contribution in [0, 0.1) is 6.92 Å². The first kappa shape index (κ1) is 22.5. The first-order valence-corrected chi connectivity index (χ1v) is 10.7. The molecule has 166 valence electrons. The van der Waals surface area contributed by atoms with Crippen molar-refractivity contribution in [2.24, 2.45) is 4.99 Å². The Bertz CT molecular complexity index is 1350. The fourth-order valence-electron chi connectivity index (χ4n) is 3.16. The number of halogens is 2. The van der Waals surface area contributed by atoms with Crippen molar-refractivity contribution in [3.8, 4) is 11.5 Å². The number of aliphatic imine (C=N–C) groups is 1. The highest BCUT2D eigenvalue weighted by molar-refractivity contribution is 6.32. The Morgan fingerprint density at radius 2 is 1.52 bits per heavy atom. The number of nitrogens with zero attached hydrogens (tertiary/aromatic N) is 1. The third-order valence-electron chi connectivity index (χ3n) is 4.92. The summed E-state index contributed by atoms with van der Waals surface area (Å²) in [6, 6.07) is 16.9. The van der Waals surface area contributed by atoms with Gasteiger partial charge < -0.3 is 20.8 Å². The molecule has 0 radical (unpaired) electrons. The van der Waals surface area contributed by atoms with Crippen LogP contribution in [0.3, 0.4) is 0 Å². The van der Waals surface area contributed by atoms with Crippen LogP contribution in [0.1, 0.15) is 5.56 Å². The maximum atomic E-state index is 12.9. The predicted octanol–water partition coefficient (Wildman–Crippen LogP) is 6.36. The molecular formula is C25H19Cl2N3O3. The van der Waals surface area contributed by atoms with Gasteiger partial charge in [0, 0.05) is 17.5 Å². The highest BCUT2D eigenvalue weighted by atomic mass is 35.5. The maximum absolute atomic E-state index is 12.9. The quantitative estimate of drug-likeness (QED) is 0.252. The normalized spacial score (nSPS) is 14.6. The van der Waals surface area contributed by atoms with E-state index in [4.69, 9.17) is 23.2 Å². The summed E-state index contributed by atoms with van der Waals surface area (Å²) < 4.78 is 0. The summed E-state index contributed by atoms with van der Waals surface area (Å²) in [5, 5.41) is 26.0. The number of phenols is 2. The van der Waals surface area contributed by atoms with E-state index in [2.05, 4.69) is 15.6 Å². The summed E-state index contributed by atoms with van der Waals surface area (Å²) >= 11 is 12.0. The van der Waals surface area contributed by atoms with E-state index in [1.54, 1.807) is 18.2 Å². The minimum Gasteiger partial charge on any atom is -0.506 e. The molecule has 0 heterocycles. The molecule has 4 rings (SSSR count). The number of ketones is 1. The lowest BCUT2D eigenvalue weighted by molar-refractivity contribution is -0.111. The van der Waals surface area contributed by atoms with Gasteiger partial charge in [0.15, 0.2) is 0 Å². The van der Waals surface area contributed by atoms with Crippen molar-refractivity contribution >= 4 is 51.8 Å². The summed E-state index contributed by atoms with van der Waals surface area (Å²) in [5.41, 5.74) is 4.14. The molecular weight excluding hydrogens is 461 g/mol. The summed E-state index contributed by atoms with van der Waals surface area (Å²) in [6.45, 7) is 1.96. The average Bonchev–Trinajstić information content (AvgIpc) is 2.78. The van der Waals surface area contributed by atoms with E-state index in [0.29, 0.717) is 22.8 Å². The number of carbonyl (C=O) groups is 1. The van der Waals surface area contributed by atoms with Crippen LogP contribution in [0.2, 0.25) is 10.0 Å². The molecule has 0 bridgehead atoms. The van der Waals surface area contributed by atoms with Gasteiger partial charge in [0.1, 0.15) is 11.5 Å². The molecule has 8 heteroatoms. The number of para-hydroxylation sites is 1. The Balaban J connectivity index is 1.73. The molecule has 6 nitrogen and oxygen atoms in total. The zero-order valence-corrected chi connectivity index (χ0v) is 18.9. The molecule has 4 N–H and O–H groups in total. The number of nitrogens with one attached hydrogen (secondary N) is 2. The first-order valence-electron chi connectivity index (χ1n) is 9.93. The number of benzene rings is 3. The lowest BCUT2D eigenvalue weighted by Crippen LogP contribution is -2.22. The number of allylic oxidation sites excluding steroid dienone is 2. The van der Waals surface area contributed by atoms with Crippen LogP contribution in [0.25, 0.3) is 0 Å². The Hall–Kier alpha value is -3.74. The number of aryl methyl sites for hydroxylation is 1. The van der Waals surface area contributed by atoms with Gasteiger partial charge in [-0.1, -0.05) is 41.4 Å². The average molecular weight is 480 g/mol. The number of anilines is 2. The Morgan fingerprint density at radius 3 is 2.21 bits per heavy atom. The molecule has 0 aliphatic heterocycles. The monoisotopic (exact) mass is 479 g/mol. The van der Waals surface area contributed by atoms with E-state index < -0.39 is 0 Å². The van der Waals surface area contributed by atoms with Crippen molar-refractivity contribution in [2.45, 2.75) is 6.92 Å². The van der Waals surface area contributed by atoms with Gasteiger partial charge in [-0.25, -0.2) is 4.99 Å². The topological polar surface area (TPSA) is 94.0 Å². The molecule has 0 unspecified atom stereocenters. The number of phenolic OH excluding ortho intramolecular Hbond substituents is 2. The van der Waals surface area contributed by atoms with Crippen molar-refractivity contribution in [3.63, 3.8) is 0 Å². The molecule has 1 aliphatic rings. The highest BCUT2D eigenvalue weighted by Crippen LogP contribution is 2.30. The van der Waals surface area contributed by atoms with Gasteiger partial charge in [0.05, 0.1) is 32.8 Å². The number of aromatic hydroxyl groups is 2. The third kappa shape index (κ3) is 5.19. The van der Waals surface area contributed by atoms with E-state index in [9.17, 15) is 15.0 Å². The largest absolute Gasteiger partial charge is 0.506 e. The second-order valence-corrected chi connectivity index (χ2v) is 8.16. The standard InChI is InChI=1S/C25H19Cl2N3O3/c1-14-4-2-3-5-19(14)30-21-13-25(33)22(29-16-7-9-24(32)18(27)11-16)12-20(21)28-15-6-8-23(31)17(26)10-15/h2-13,29-32H,1H3. The van der Waals surface area contributed by atoms with Gasteiger partial charge in [0.25, 0.3) is 0 Å². The second-order valence-electron chi connectivity index (χ2n) is 7.34. The molecule has 0 amide bonds. The number of hydrogen-bond acceptors (Lipinski definition) is 6. The zero-order valence-electron chi connectivity index (χ0n) is 17.4. The Labute approximate surface area is 200 Å². The molecule has 3 aromatic carbocycles. The molecule has 0 saturated carbocycles. The molecule has 0 atom stereocenters. The van der Waals surface area contributed by atoms with Gasteiger partial charge in [-0.05, 0) is 61.0 Å². The minimum atomic E-state index is -0.266. The van der Waals surface area contributed by atoms with E-state index in [-0.39, 0.29) is 33.0 Å². The Morgan fingerprint density at radius 1 is 0.818 bits per heavy atom. The van der Waals surface area contributed by atoms with Gasteiger partial charge in [0.2, 0.25) is 5.78 Å². The van der Waals surface area contributed by atoms with Crippen LogP contribution >= 0.6 is 23.2 Å². The predicted molar refractivity (Wildman–Crippen MR) is 133 cm³/mol. The summed E-state index contributed by atoms with van der Waals surface area (Å²) in [5.74, 6) is -0.365. The number of rotatable bonds is 5. The minimum absolute atomic E-state index is 0.0460. The van der Waals surface area contributed by atoms with Crippen LogP contribution in [-0.4, -0.2) is 21.7 Å². The maximum Gasteiger partial charge on any atom is 0.204 e. The van der Waals surface area contributed by atoms with Gasteiger partial charge >= 0.3 is 0 Å². The van der Waals surface area contributed by atoms with E-state index >= 15 is 0 Å². The summed E-state index contributed by atoms with van der Waals surface area (Å²) in [6.07, 6.45) is 3.07. The van der Waals surface area contributed by atoms with Crippen molar-refractivity contribution in [1.82, 2.24) is 0 Å².